The number of aliphatic hydroxyl groups excluding tert-OH is 1. The molecule has 136 valence electrons. The van der Waals surface area contributed by atoms with Crippen LogP contribution in [0.2, 0.25) is 0 Å². The Labute approximate surface area is 156 Å². The topological polar surface area (TPSA) is 63.0 Å². The second-order valence-electron chi connectivity index (χ2n) is 6.41. The van der Waals surface area contributed by atoms with E-state index < -0.39 is 6.10 Å². The van der Waals surface area contributed by atoms with E-state index in [1.807, 2.05) is 41.1 Å². The third kappa shape index (κ3) is 3.39. The van der Waals surface area contributed by atoms with Gasteiger partial charge in [-0.1, -0.05) is 30.3 Å². The predicted octanol–water partition coefficient (Wildman–Crippen LogP) is 4.02. The summed E-state index contributed by atoms with van der Waals surface area (Å²) in [7, 11) is 0. The minimum atomic E-state index is -0.505. The maximum absolute atomic E-state index is 13.4. The van der Waals surface area contributed by atoms with Gasteiger partial charge >= 0.3 is 0 Å². The first-order chi connectivity index (χ1) is 13.1. The molecule has 2 heterocycles. The number of nitrogens with one attached hydrogen (secondary N) is 1. The van der Waals surface area contributed by atoms with E-state index in [9.17, 15) is 9.50 Å². The molecule has 0 fully saturated rings. The van der Waals surface area contributed by atoms with Gasteiger partial charge in [0.15, 0.2) is 5.65 Å². The first kappa shape index (κ1) is 17.2. The molecule has 0 aliphatic carbocycles. The van der Waals surface area contributed by atoms with Crippen LogP contribution in [0.4, 0.5) is 10.2 Å². The Bertz CT molecular complexity index is 1060. The van der Waals surface area contributed by atoms with Crippen molar-refractivity contribution in [3.05, 3.63) is 72.9 Å². The number of aromatic nitrogens is 3. The molecule has 0 spiro atoms. The van der Waals surface area contributed by atoms with Gasteiger partial charge in [0.2, 0.25) is 0 Å². The van der Waals surface area contributed by atoms with Crippen molar-refractivity contribution in [1.82, 2.24) is 14.5 Å². The lowest BCUT2D eigenvalue weighted by molar-refractivity contribution is 0.208. The number of anilines is 1. The summed E-state index contributed by atoms with van der Waals surface area (Å²) in [4.78, 5) is 8.85. The van der Waals surface area contributed by atoms with Crippen LogP contribution in [0, 0.1) is 5.82 Å². The highest BCUT2D eigenvalue weighted by Gasteiger charge is 2.17. The van der Waals surface area contributed by atoms with Crippen LogP contribution in [-0.4, -0.2) is 32.3 Å². The number of halogens is 1. The van der Waals surface area contributed by atoms with E-state index in [1.54, 1.807) is 19.1 Å². The van der Waals surface area contributed by atoms with Crippen LogP contribution in [0.3, 0.4) is 0 Å². The number of fused-ring (bicyclic) bond motifs is 1. The van der Waals surface area contributed by atoms with Crippen LogP contribution >= 0.6 is 0 Å². The fourth-order valence-electron chi connectivity index (χ4n) is 3.08. The Kier molecular flexibility index (Phi) is 4.56. The van der Waals surface area contributed by atoms with Gasteiger partial charge in [0.25, 0.3) is 0 Å². The molecule has 4 rings (SSSR count). The second-order valence-corrected chi connectivity index (χ2v) is 6.41. The van der Waals surface area contributed by atoms with E-state index in [1.165, 1.54) is 18.5 Å². The summed E-state index contributed by atoms with van der Waals surface area (Å²) in [6, 6.07) is 16.2. The van der Waals surface area contributed by atoms with Gasteiger partial charge in [0.1, 0.15) is 18.0 Å². The van der Waals surface area contributed by atoms with Crippen molar-refractivity contribution in [3.63, 3.8) is 0 Å². The Balaban J connectivity index is 1.95. The Morgan fingerprint density at radius 1 is 1.07 bits per heavy atom. The summed E-state index contributed by atoms with van der Waals surface area (Å²) in [6.07, 6.45) is 2.96. The molecule has 0 saturated heterocycles. The first-order valence-electron chi connectivity index (χ1n) is 8.73. The predicted molar refractivity (Wildman–Crippen MR) is 104 cm³/mol. The Morgan fingerprint density at radius 3 is 2.52 bits per heavy atom. The van der Waals surface area contributed by atoms with Crippen molar-refractivity contribution in [2.75, 3.05) is 11.9 Å². The van der Waals surface area contributed by atoms with Crippen LogP contribution in [-0.2, 0) is 0 Å². The zero-order chi connectivity index (χ0) is 18.8. The van der Waals surface area contributed by atoms with Crippen molar-refractivity contribution in [2.45, 2.75) is 13.0 Å². The summed E-state index contributed by atoms with van der Waals surface area (Å²) >= 11 is 0. The Hall–Kier alpha value is -3.25. The number of aliphatic hydroxyl groups is 1. The molecular formula is C21H19FN4O. The van der Waals surface area contributed by atoms with E-state index in [4.69, 9.17) is 0 Å². The van der Waals surface area contributed by atoms with Crippen molar-refractivity contribution >= 4 is 16.9 Å². The lowest BCUT2D eigenvalue weighted by Gasteiger charge is -2.10. The number of nitrogens with zero attached hydrogens (tertiary/aromatic N) is 3. The third-order valence-electron chi connectivity index (χ3n) is 4.34. The normalized spacial score (nSPS) is 12.3. The summed E-state index contributed by atoms with van der Waals surface area (Å²) in [6.45, 7) is 2.09. The van der Waals surface area contributed by atoms with Crippen LogP contribution in [0.15, 0.2) is 67.1 Å². The van der Waals surface area contributed by atoms with Gasteiger partial charge in [-0.25, -0.2) is 14.4 Å². The average Bonchev–Trinajstić information content (AvgIpc) is 3.08. The molecule has 2 aromatic carbocycles. The van der Waals surface area contributed by atoms with E-state index >= 15 is 0 Å². The van der Waals surface area contributed by atoms with Crippen molar-refractivity contribution in [2.24, 2.45) is 0 Å². The molecule has 1 unspecified atom stereocenters. The number of hydrogen-bond donors (Lipinski definition) is 2. The highest BCUT2D eigenvalue weighted by Crippen LogP contribution is 2.35. The summed E-state index contributed by atoms with van der Waals surface area (Å²) in [5, 5.41) is 13.7. The molecular weight excluding hydrogens is 343 g/mol. The lowest BCUT2D eigenvalue weighted by atomic mass is 10.1. The van der Waals surface area contributed by atoms with Gasteiger partial charge in [-0.15, -0.1) is 0 Å². The molecule has 0 bridgehead atoms. The fourth-order valence-corrected chi connectivity index (χ4v) is 3.08. The number of benzene rings is 2. The van der Waals surface area contributed by atoms with E-state index in [0.29, 0.717) is 18.0 Å². The summed E-state index contributed by atoms with van der Waals surface area (Å²) < 4.78 is 15.3. The van der Waals surface area contributed by atoms with Gasteiger partial charge in [0, 0.05) is 24.0 Å². The molecule has 0 saturated carbocycles. The summed E-state index contributed by atoms with van der Waals surface area (Å²) in [5.41, 5.74) is 3.51. The molecule has 0 radical (unpaired) electrons. The fraction of sp³-hybridized carbons (Fsp3) is 0.143. The van der Waals surface area contributed by atoms with Crippen molar-refractivity contribution in [1.29, 1.82) is 0 Å². The van der Waals surface area contributed by atoms with Gasteiger partial charge in [-0.05, 0) is 36.8 Å². The zero-order valence-corrected chi connectivity index (χ0v) is 14.8. The van der Waals surface area contributed by atoms with Crippen molar-refractivity contribution in [3.8, 4) is 16.8 Å². The van der Waals surface area contributed by atoms with Crippen LogP contribution in [0.5, 0.6) is 0 Å². The van der Waals surface area contributed by atoms with Gasteiger partial charge in [-0.2, -0.15) is 0 Å². The average molecular weight is 362 g/mol. The molecule has 5 nitrogen and oxygen atoms in total. The monoisotopic (exact) mass is 362 g/mol. The second kappa shape index (κ2) is 7.17. The molecule has 0 aliphatic heterocycles. The van der Waals surface area contributed by atoms with Gasteiger partial charge < -0.3 is 15.0 Å². The van der Waals surface area contributed by atoms with E-state index in [-0.39, 0.29) is 5.82 Å². The highest BCUT2D eigenvalue weighted by atomic mass is 19.1. The smallest absolute Gasteiger partial charge is 0.150 e. The van der Waals surface area contributed by atoms with Crippen LogP contribution in [0.1, 0.15) is 6.92 Å². The SMILES string of the molecule is CC(O)CNc1ncnc2c1c(-c1ccccc1)cn2-c1ccc(F)cc1. The lowest BCUT2D eigenvalue weighted by Crippen LogP contribution is -2.16. The van der Waals surface area contributed by atoms with Crippen LogP contribution in [0.25, 0.3) is 27.8 Å². The van der Waals surface area contributed by atoms with Gasteiger partial charge in [0.05, 0.1) is 11.5 Å². The molecule has 1 atom stereocenters. The first-order valence-corrected chi connectivity index (χ1v) is 8.73. The van der Waals surface area contributed by atoms with E-state index in [0.717, 1.165) is 22.2 Å². The maximum atomic E-state index is 13.4. The minimum Gasteiger partial charge on any atom is -0.392 e. The van der Waals surface area contributed by atoms with Gasteiger partial charge in [-0.3, -0.25) is 0 Å². The van der Waals surface area contributed by atoms with Crippen molar-refractivity contribution < 1.29 is 9.50 Å². The number of hydrogen-bond acceptors (Lipinski definition) is 4. The standard InChI is InChI=1S/C21H19FN4O/c1-14(27)11-23-20-19-18(15-5-3-2-4-6-15)12-26(21(19)25-13-24-20)17-9-7-16(22)8-10-17/h2-10,12-14,27H,11H2,1H3,(H,23,24,25). The van der Waals surface area contributed by atoms with E-state index in [2.05, 4.69) is 15.3 Å². The molecule has 4 aromatic rings. The molecule has 2 N–H and O–H groups in total. The molecule has 0 amide bonds. The highest BCUT2D eigenvalue weighted by molar-refractivity contribution is 6.02. The molecule has 27 heavy (non-hydrogen) atoms. The molecule has 6 heteroatoms. The van der Waals surface area contributed by atoms with Crippen LogP contribution < -0.4 is 5.32 Å². The minimum absolute atomic E-state index is 0.285. The summed E-state index contributed by atoms with van der Waals surface area (Å²) in [5.74, 6) is 0.369. The third-order valence-corrected chi connectivity index (χ3v) is 4.34. The Morgan fingerprint density at radius 2 is 1.81 bits per heavy atom. The molecule has 2 aromatic heterocycles. The quantitative estimate of drug-likeness (QED) is 0.563. The molecule has 0 aliphatic rings. The maximum Gasteiger partial charge on any atom is 0.150 e. The zero-order valence-electron chi connectivity index (χ0n) is 14.8. The largest absolute Gasteiger partial charge is 0.392 e. The number of rotatable bonds is 5.